The number of benzene rings is 1. The summed E-state index contributed by atoms with van der Waals surface area (Å²) in [6.07, 6.45) is 5.30. The van der Waals surface area contributed by atoms with Gasteiger partial charge >= 0.3 is 0 Å². The Hall–Kier alpha value is -2.15. The van der Waals surface area contributed by atoms with Crippen LogP contribution in [-0.4, -0.2) is 44.1 Å². The molecule has 1 saturated carbocycles. The van der Waals surface area contributed by atoms with Crippen molar-refractivity contribution in [3.63, 3.8) is 0 Å². The predicted molar refractivity (Wildman–Crippen MR) is 111 cm³/mol. The van der Waals surface area contributed by atoms with Crippen LogP contribution in [0.3, 0.4) is 0 Å². The molecular weight excluding hydrogens is 373 g/mol. The Kier molecular flexibility index (Phi) is 9.91. The molecule has 1 aliphatic rings. The minimum Gasteiger partial charge on any atom is -0.489 e. The van der Waals surface area contributed by atoms with E-state index in [9.17, 15) is 14.0 Å². The zero-order chi connectivity index (χ0) is 21.1. The van der Waals surface area contributed by atoms with E-state index in [0.29, 0.717) is 50.8 Å². The summed E-state index contributed by atoms with van der Waals surface area (Å²) in [5.74, 6) is 0.348. The fourth-order valence-electron chi connectivity index (χ4n) is 3.33. The van der Waals surface area contributed by atoms with Gasteiger partial charge in [-0.3, -0.25) is 9.59 Å². The van der Waals surface area contributed by atoms with Crippen molar-refractivity contribution in [3.05, 3.63) is 29.6 Å². The summed E-state index contributed by atoms with van der Waals surface area (Å²) < 4.78 is 20.0. The zero-order valence-electron chi connectivity index (χ0n) is 17.6. The largest absolute Gasteiger partial charge is 0.489 e. The minimum absolute atomic E-state index is 0.0202. The fraction of sp³-hybridized carbons (Fsp3) is 0.636. The van der Waals surface area contributed by atoms with Crippen LogP contribution in [0.5, 0.6) is 5.75 Å². The maximum absolute atomic E-state index is 14.2. The number of carbonyl (C=O) groups is 2. The van der Waals surface area contributed by atoms with Gasteiger partial charge in [-0.05, 0) is 49.7 Å². The van der Waals surface area contributed by atoms with Crippen LogP contribution >= 0.6 is 0 Å². The molecule has 2 amide bonds. The van der Waals surface area contributed by atoms with E-state index in [1.807, 2.05) is 6.07 Å². The Balaban J connectivity index is 1.71. The molecule has 1 fully saturated rings. The highest BCUT2D eigenvalue weighted by Gasteiger charge is 2.29. The number of hydrogen-bond donors (Lipinski definition) is 3. The molecule has 3 N–H and O–H groups in total. The topological polar surface area (TPSA) is 79.5 Å². The van der Waals surface area contributed by atoms with Crippen molar-refractivity contribution in [2.24, 2.45) is 5.92 Å². The lowest BCUT2D eigenvalue weighted by Gasteiger charge is -2.17. The van der Waals surface area contributed by atoms with E-state index in [4.69, 9.17) is 4.74 Å². The second kappa shape index (κ2) is 12.4. The summed E-state index contributed by atoms with van der Waals surface area (Å²) in [6.45, 7) is 5.47. The summed E-state index contributed by atoms with van der Waals surface area (Å²) in [7, 11) is 0. The molecule has 0 heterocycles. The number of rotatable bonds is 14. The second-order valence-corrected chi connectivity index (χ2v) is 7.47. The molecule has 0 aromatic heterocycles. The molecular formula is C22H34FN3O3. The average Bonchev–Trinajstić information content (AvgIpc) is 3.56. The molecule has 1 unspecified atom stereocenters. The highest BCUT2D eigenvalue weighted by molar-refractivity contribution is 5.84. The number of hydrogen-bond acceptors (Lipinski definition) is 4. The standard InChI is InChI=1S/C22H34FN3O3/c1-3-19(16-10-11-16)24-13-14-29-22-17(7-5-9-18(22)23)8-6-12-25-21(28)15-26-20(27)4-2/h5,7,9,16,19,24H,3-4,6,8,10-15H2,1-2H3,(H,25,28)(H,26,27). The van der Waals surface area contributed by atoms with Crippen LogP contribution in [0.15, 0.2) is 18.2 Å². The molecule has 1 atom stereocenters. The van der Waals surface area contributed by atoms with Crippen molar-refractivity contribution in [2.45, 2.75) is 58.4 Å². The van der Waals surface area contributed by atoms with Crippen molar-refractivity contribution in [2.75, 3.05) is 26.2 Å². The van der Waals surface area contributed by atoms with E-state index >= 15 is 0 Å². The quantitative estimate of drug-likeness (QED) is 0.414. The van der Waals surface area contributed by atoms with Gasteiger partial charge in [-0.2, -0.15) is 0 Å². The Morgan fingerprint density at radius 2 is 1.97 bits per heavy atom. The molecule has 0 spiro atoms. The molecule has 0 saturated heterocycles. The third-order valence-electron chi connectivity index (χ3n) is 5.15. The maximum Gasteiger partial charge on any atom is 0.239 e. The van der Waals surface area contributed by atoms with Gasteiger partial charge in [0.05, 0.1) is 6.54 Å². The van der Waals surface area contributed by atoms with Gasteiger partial charge in [0.1, 0.15) is 6.61 Å². The SMILES string of the molecule is CCC(=O)NCC(=O)NCCCc1cccc(F)c1OCCNC(CC)C1CC1. The van der Waals surface area contributed by atoms with E-state index in [2.05, 4.69) is 22.9 Å². The van der Waals surface area contributed by atoms with E-state index in [0.717, 1.165) is 17.9 Å². The molecule has 1 aromatic rings. The third-order valence-corrected chi connectivity index (χ3v) is 5.15. The monoisotopic (exact) mass is 407 g/mol. The molecule has 29 heavy (non-hydrogen) atoms. The lowest BCUT2D eigenvalue weighted by Crippen LogP contribution is -2.37. The van der Waals surface area contributed by atoms with Crippen molar-refractivity contribution in [3.8, 4) is 5.75 Å². The van der Waals surface area contributed by atoms with Crippen LogP contribution in [0.4, 0.5) is 4.39 Å². The number of aryl methyl sites for hydroxylation is 1. The van der Waals surface area contributed by atoms with E-state index in [-0.39, 0.29) is 24.2 Å². The van der Waals surface area contributed by atoms with Gasteiger partial charge in [-0.15, -0.1) is 0 Å². The lowest BCUT2D eigenvalue weighted by atomic mass is 10.1. The minimum atomic E-state index is -0.358. The molecule has 6 nitrogen and oxygen atoms in total. The van der Waals surface area contributed by atoms with Crippen molar-refractivity contribution >= 4 is 11.8 Å². The smallest absolute Gasteiger partial charge is 0.239 e. The molecule has 1 aliphatic carbocycles. The highest BCUT2D eigenvalue weighted by Crippen LogP contribution is 2.33. The summed E-state index contributed by atoms with van der Waals surface area (Å²) in [4.78, 5) is 22.8. The summed E-state index contributed by atoms with van der Waals surface area (Å²) in [5, 5.41) is 8.79. The Morgan fingerprint density at radius 3 is 2.66 bits per heavy atom. The van der Waals surface area contributed by atoms with Gasteiger partial charge in [0.25, 0.3) is 0 Å². The second-order valence-electron chi connectivity index (χ2n) is 7.47. The van der Waals surface area contributed by atoms with Gasteiger partial charge in [0, 0.05) is 25.6 Å². The first-order valence-corrected chi connectivity index (χ1v) is 10.7. The molecule has 0 radical (unpaired) electrons. The molecule has 0 bridgehead atoms. The van der Waals surface area contributed by atoms with Gasteiger partial charge in [0.2, 0.25) is 11.8 Å². The van der Waals surface area contributed by atoms with Crippen molar-refractivity contribution < 1.29 is 18.7 Å². The fourth-order valence-corrected chi connectivity index (χ4v) is 3.33. The van der Waals surface area contributed by atoms with Crippen molar-refractivity contribution in [1.29, 1.82) is 0 Å². The van der Waals surface area contributed by atoms with Crippen LogP contribution in [0.1, 0.15) is 51.5 Å². The average molecular weight is 408 g/mol. The normalized spacial score (nSPS) is 14.3. The van der Waals surface area contributed by atoms with Crippen LogP contribution in [0.25, 0.3) is 0 Å². The zero-order valence-corrected chi connectivity index (χ0v) is 17.6. The number of amides is 2. The predicted octanol–water partition coefficient (Wildman–Crippen LogP) is 2.56. The maximum atomic E-state index is 14.2. The van der Waals surface area contributed by atoms with E-state index in [1.54, 1.807) is 13.0 Å². The van der Waals surface area contributed by atoms with Crippen LogP contribution in [0, 0.1) is 11.7 Å². The lowest BCUT2D eigenvalue weighted by molar-refractivity contribution is -0.125. The van der Waals surface area contributed by atoms with Crippen molar-refractivity contribution in [1.82, 2.24) is 16.0 Å². The van der Waals surface area contributed by atoms with Gasteiger partial charge in [-0.1, -0.05) is 26.0 Å². The summed E-state index contributed by atoms with van der Waals surface area (Å²) in [5.41, 5.74) is 0.799. The first kappa shape index (κ1) is 23.1. The third kappa shape index (κ3) is 8.40. The summed E-state index contributed by atoms with van der Waals surface area (Å²) >= 11 is 0. The van der Waals surface area contributed by atoms with Gasteiger partial charge in [-0.25, -0.2) is 4.39 Å². The highest BCUT2D eigenvalue weighted by atomic mass is 19.1. The Labute approximate surface area is 173 Å². The molecule has 1 aromatic carbocycles. The Bertz CT molecular complexity index is 665. The first-order valence-electron chi connectivity index (χ1n) is 10.7. The summed E-state index contributed by atoms with van der Waals surface area (Å²) in [6, 6.07) is 5.47. The van der Waals surface area contributed by atoms with Crippen LogP contribution in [-0.2, 0) is 16.0 Å². The molecule has 0 aliphatic heterocycles. The van der Waals surface area contributed by atoms with E-state index in [1.165, 1.54) is 18.9 Å². The first-order chi connectivity index (χ1) is 14.0. The number of ether oxygens (including phenoxy) is 1. The number of halogens is 1. The van der Waals surface area contributed by atoms with Crippen LogP contribution in [0.2, 0.25) is 0 Å². The molecule has 7 heteroatoms. The van der Waals surface area contributed by atoms with Gasteiger partial charge in [0.15, 0.2) is 11.6 Å². The molecule has 2 rings (SSSR count). The number of para-hydroxylation sites is 1. The molecule has 162 valence electrons. The van der Waals surface area contributed by atoms with Crippen LogP contribution < -0.4 is 20.7 Å². The number of nitrogens with one attached hydrogen (secondary N) is 3. The van der Waals surface area contributed by atoms with Gasteiger partial charge < -0.3 is 20.7 Å². The number of carbonyl (C=O) groups excluding carboxylic acids is 2. The Morgan fingerprint density at radius 1 is 1.17 bits per heavy atom. The van der Waals surface area contributed by atoms with E-state index < -0.39 is 0 Å².